The standard InChI is InChI=1S/C14H14Br2N2O2/c15-9-3-4-10(16)11(7-9)18-6-5-12(19)17-13(14(18)20)8-1-2-8/h3-4,7-8,13H,1-2,5-6H2,(H,17,19). The first-order valence-corrected chi connectivity index (χ1v) is 8.20. The number of hydrogen-bond donors (Lipinski definition) is 1. The summed E-state index contributed by atoms with van der Waals surface area (Å²) in [5.74, 6) is 0.263. The number of amides is 2. The van der Waals surface area contributed by atoms with Crippen LogP contribution in [0.15, 0.2) is 27.1 Å². The minimum absolute atomic E-state index is 0.00264. The fourth-order valence-corrected chi connectivity index (χ4v) is 3.29. The van der Waals surface area contributed by atoms with E-state index in [-0.39, 0.29) is 17.9 Å². The minimum Gasteiger partial charge on any atom is -0.344 e. The topological polar surface area (TPSA) is 49.4 Å². The number of nitrogens with one attached hydrogen (secondary N) is 1. The van der Waals surface area contributed by atoms with Crippen LogP contribution < -0.4 is 10.2 Å². The number of rotatable bonds is 2. The van der Waals surface area contributed by atoms with E-state index in [1.807, 2.05) is 18.2 Å². The summed E-state index contributed by atoms with van der Waals surface area (Å²) in [7, 11) is 0. The fraction of sp³-hybridized carbons (Fsp3) is 0.429. The van der Waals surface area contributed by atoms with Gasteiger partial charge in [-0.3, -0.25) is 9.59 Å². The molecular formula is C14H14Br2N2O2. The summed E-state index contributed by atoms with van der Waals surface area (Å²) in [6.45, 7) is 0.420. The summed E-state index contributed by atoms with van der Waals surface area (Å²) in [6.07, 6.45) is 2.38. The molecule has 1 heterocycles. The van der Waals surface area contributed by atoms with E-state index in [4.69, 9.17) is 0 Å². The van der Waals surface area contributed by atoms with E-state index < -0.39 is 0 Å². The summed E-state index contributed by atoms with van der Waals surface area (Å²) in [5, 5.41) is 2.87. The summed E-state index contributed by atoms with van der Waals surface area (Å²) in [4.78, 5) is 26.2. The van der Waals surface area contributed by atoms with Gasteiger partial charge in [-0.1, -0.05) is 15.9 Å². The molecule has 6 heteroatoms. The largest absolute Gasteiger partial charge is 0.344 e. The maximum absolute atomic E-state index is 12.7. The van der Waals surface area contributed by atoms with E-state index in [9.17, 15) is 9.59 Å². The van der Waals surface area contributed by atoms with Crippen LogP contribution in [0.25, 0.3) is 0 Å². The Morgan fingerprint density at radius 3 is 2.65 bits per heavy atom. The van der Waals surface area contributed by atoms with E-state index in [0.717, 1.165) is 27.5 Å². The number of carbonyl (C=O) groups excluding carboxylic acids is 2. The minimum atomic E-state index is -0.365. The van der Waals surface area contributed by atoms with Crippen molar-refractivity contribution in [2.45, 2.75) is 25.3 Å². The highest BCUT2D eigenvalue weighted by Gasteiger charge is 2.41. The van der Waals surface area contributed by atoms with Gasteiger partial charge >= 0.3 is 0 Å². The third kappa shape index (κ3) is 2.76. The van der Waals surface area contributed by atoms with Crippen molar-refractivity contribution in [3.05, 3.63) is 27.1 Å². The van der Waals surface area contributed by atoms with E-state index in [1.54, 1.807) is 4.90 Å². The fourth-order valence-electron chi connectivity index (χ4n) is 2.48. The van der Waals surface area contributed by atoms with E-state index in [1.165, 1.54) is 0 Å². The monoisotopic (exact) mass is 400 g/mol. The van der Waals surface area contributed by atoms with Gasteiger partial charge in [0, 0.05) is 21.9 Å². The van der Waals surface area contributed by atoms with Crippen molar-refractivity contribution in [1.82, 2.24) is 5.32 Å². The van der Waals surface area contributed by atoms with E-state index >= 15 is 0 Å². The normalized spacial score (nSPS) is 23.5. The smallest absolute Gasteiger partial charge is 0.249 e. The number of halogens is 2. The first-order valence-electron chi connectivity index (χ1n) is 6.62. The summed E-state index contributed by atoms with van der Waals surface area (Å²) >= 11 is 6.92. The van der Waals surface area contributed by atoms with Crippen LogP contribution in [0, 0.1) is 5.92 Å². The number of anilines is 1. The molecule has 106 valence electrons. The molecule has 0 radical (unpaired) electrons. The Morgan fingerprint density at radius 2 is 1.95 bits per heavy atom. The van der Waals surface area contributed by atoms with Gasteiger partial charge in [-0.05, 0) is 52.9 Å². The summed E-state index contributed by atoms with van der Waals surface area (Å²) in [6, 6.07) is 5.36. The second-order valence-electron chi connectivity index (χ2n) is 5.22. The molecule has 3 rings (SSSR count). The molecule has 20 heavy (non-hydrogen) atoms. The highest BCUT2D eigenvalue weighted by atomic mass is 79.9. The zero-order valence-electron chi connectivity index (χ0n) is 10.7. The Hall–Kier alpha value is -0.880. The number of nitrogens with zero attached hydrogens (tertiary/aromatic N) is 1. The van der Waals surface area contributed by atoms with Gasteiger partial charge in [0.25, 0.3) is 0 Å². The maximum atomic E-state index is 12.7. The predicted molar refractivity (Wildman–Crippen MR) is 83.5 cm³/mol. The summed E-state index contributed by atoms with van der Waals surface area (Å²) < 4.78 is 1.77. The third-order valence-corrected chi connectivity index (χ3v) is 4.87. The second kappa shape index (κ2) is 5.48. The van der Waals surface area contributed by atoms with Crippen LogP contribution >= 0.6 is 31.9 Å². The van der Waals surface area contributed by atoms with Crippen molar-refractivity contribution < 1.29 is 9.59 Å². The Labute approximate surface area is 134 Å². The van der Waals surface area contributed by atoms with Gasteiger partial charge in [0.2, 0.25) is 11.8 Å². The van der Waals surface area contributed by atoms with Crippen molar-refractivity contribution >= 4 is 49.4 Å². The maximum Gasteiger partial charge on any atom is 0.249 e. The molecule has 1 atom stereocenters. The lowest BCUT2D eigenvalue weighted by Crippen LogP contribution is -2.46. The van der Waals surface area contributed by atoms with Gasteiger partial charge in [-0.15, -0.1) is 0 Å². The molecule has 1 saturated carbocycles. The number of hydrogen-bond acceptors (Lipinski definition) is 2. The first kappa shape index (κ1) is 14.1. The highest BCUT2D eigenvalue weighted by Crippen LogP contribution is 2.36. The van der Waals surface area contributed by atoms with Crippen LogP contribution in [-0.2, 0) is 9.59 Å². The molecule has 1 aromatic carbocycles. The van der Waals surface area contributed by atoms with Crippen molar-refractivity contribution in [1.29, 1.82) is 0 Å². The van der Waals surface area contributed by atoms with Gasteiger partial charge in [-0.2, -0.15) is 0 Å². The Kier molecular flexibility index (Phi) is 3.86. The third-order valence-electron chi connectivity index (χ3n) is 3.70. The number of benzene rings is 1. The molecule has 1 unspecified atom stereocenters. The van der Waals surface area contributed by atoms with Gasteiger partial charge < -0.3 is 10.2 Å². The molecule has 2 amide bonds. The molecule has 1 aliphatic carbocycles. The van der Waals surface area contributed by atoms with Crippen LogP contribution in [0.4, 0.5) is 5.69 Å². The van der Waals surface area contributed by atoms with Crippen LogP contribution in [0.5, 0.6) is 0 Å². The van der Waals surface area contributed by atoms with Crippen LogP contribution in [0.2, 0.25) is 0 Å². The van der Waals surface area contributed by atoms with Gasteiger partial charge in [-0.25, -0.2) is 0 Å². The molecule has 2 aliphatic rings. The van der Waals surface area contributed by atoms with Gasteiger partial charge in [0.15, 0.2) is 0 Å². The average molecular weight is 402 g/mol. The molecule has 1 saturated heterocycles. The molecule has 0 bridgehead atoms. The Morgan fingerprint density at radius 1 is 1.20 bits per heavy atom. The van der Waals surface area contributed by atoms with Crippen molar-refractivity contribution in [2.24, 2.45) is 5.92 Å². The molecule has 1 N–H and O–H groups in total. The average Bonchev–Trinajstić information content (AvgIpc) is 3.23. The van der Waals surface area contributed by atoms with Crippen LogP contribution in [0.1, 0.15) is 19.3 Å². The predicted octanol–water partition coefficient (Wildman–Crippen LogP) is 2.84. The molecular weight excluding hydrogens is 388 g/mol. The lowest BCUT2D eigenvalue weighted by atomic mass is 10.1. The zero-order chi connectivity index (χ0) is 14.3. The highest BCUT2D eigenvalue weighted by molar-refractivity contribution is 9.11. The molecule has 2 fully saturated rings. The molecule has 0 spiro atoms. The van der Waals surface area contributed by atoms with Crippen molar-refractivity contribution in [3.63, 3.8) is 0 Å². The summed E-state index contributed by atoms with van der Waals surface area (Å²) in [5.41, 5.74) is 0.812. The van der Waals surface area contributed by atoms with Crippen molar-refractivity contribution in [3.8, 4) is 0 Å². The van der Waals surface area contributed by atoms with Crippen LogP contribution in [-0.4, -0.2) is 24.4 Å². The first-order chi connectivity index (χ1) is 9.56. The molecule has 0 aromatic heterocycles. The SMILES string of the molecule is O=C1CCN(c2cc(Br)ccc2Br)C(=O)C(C2CC2)N1. The van der Waals surface area contributed by atoms with Gasteiger partial charge in [0.1, 0.15) is 6.04 Å². The lowest BCUT2D eigenvalue weighted by Gasteiger charge is -2.25. The lowest BCUT2D eigenvalue weighted by molar-refractivity contribution is -0.126. The van der Waals surface area contributed by atoms with Crippen LogP contribution in [0.3, 0.4) is 0 Å². The van der Waals surface area contributed by atoms with Crippen molar-refractivity contribution in [2.75, 3.05) is 11.4 Å². The second-order valence-corrected chi connectivity index (χ2v) is 6.99. The van der Waals surface area contributed by atoms with E-state index in [0.29, 0.717) is 18.9 Å². The van der Waals surface area contributed by atoms with E-state index in [2.05, 4.69) is 37.2 Å². The molecule has 4 nitrogen and oxygen atoms in total. The molecule has 1 aliphatic heterocycles. The molecule has 1 aromatic rings. The Bertz CT molecular complexity index is 572. The quantitative estimate of drug-likeness (QED) is 0.828. The Balaban J connectivity index is 1.96. The van der Waals surface area contributed by atoms with Gasteiger partial charge in [0.05, 0.1) is 5.69 Å². The number of carbonyl (C=O) groups is 2. The zero-order valence-corrected chi connectivity index (χ0v) is 13.9.